The Kier molecular flexibility index (Phi) is 8.17. The van der Waals surface area contributed by atoms with Crippen LogP contribution in [0.3, 0.4) is 0 Å². The van der Waals surface area contributed by atoms with Crippen molar-refractivity contribution in [1.82, 2.24) is 9.47 Å². The molecule has 5 nitrogen and oxygen atoms in total. The zero-order chi connectivity index (χ0) is 30.8. The van der Waals surface area contributed by atoms with Gasteiger partial charge >= 0.3 is 0 Å². The van der Waals surface area contributed by atoms with Gasteiger partial charge in [0.25, 0.3) is 11.5 Å². The number of hydrogen-bond donors (Lipinski definition) is 0. The lowest BCUT2D eigenvalue weighted by atomic mass is 9.83. The fourth-order valence-electron chi connectivity index (χ4n) is 7.04. The molecule has 0 unspecified atom stereocenters. The molecule has 1 fully saturated rings. The number of carbonyl (C=O) groups is 1. The Morgan fingerprint density at radius 2 is 1.55 bits per heavy atom. The molecule has 0 radical (unpaired) electrons. The molecule has 2 atom stereocenters. The van der Waals surface area contributed by atoms with Crippen LogP contribution in [0.4, 0.5) is 0 Å². The molecule has 1 saturated heterocycles. The second kappa shape index (κ2) is 12.3. The van der Waals surface area contributed by atoms with Crippen LogP contribution in [0.5, 0.6) is 0 Å². The maximum atomic E-state index is 13.7. The minimum absolute atomic E-state index is 0.0476. The number of nitriles is 1. The van der Waals surface area contributed by atoms with E-state index in [1.54, 1.807) is 4.57 Å². The fourth-order valence-corrected chi connectivity index (χ4v) is 7.04. The van der Waals surface area contributed by atoms with E-state index in [9.17, 15) is 9.59 Å². The lowest BCUT2D eigenvalue weighted by molar-refractivity contribution is 0.0406. The summed E-state index contributed by atoms with van der Waals surface area (Å²) in [5, 5.41) is 10.8. The average Bonchev–Trinajstić information content (AvgIpc) is 3.05. The first kappa shape index (κ1) is 29.1. The van der Waals surface area contributed by atoms with Gasteiger partial charge in [0.2, 0.25) is 0 Å². The molecular formula is C39H37N3O2. The number of hydrogen-bond acceptors (Lipinski definition) is 3. The van der Waals surface area contributed by atoms with Crippen molar-refractivity contribution in [3.05, 3.63) is 136 Å². The zero-order valence-corrected chi connectivity index (χ0v) is 25.5. The Morgan fingerprint density at radius 1 is 0.864 bits per heavy atom. The fraction of sp³-hybridized carbons (Fsp3) is 0.256. The van der Waals surface area contributed by atoms with E-state index in [4.69, 9.17) is 5.26 Å². The summed E-state index contributed by atoms with van der Waals surface area (Å²) in [5.74, 6) is 0.694. The molecular weight excluding hydrogens is 542 g/mol. The summed E-state index contributed by atoms with van der Waals surface area (Å²) in [6.07, 6.45) is 6.00. The number of pyridine rings is 1. The van der Waals surface area contributed by atoms with E-state index < -0.39 is 0 Å². The number of aryl methyl sites for hydroxylation is 2. The van der Waals surface area contributed by atoms with E-state index in [0.29, 0.717) is 16.9 Å². The molecule has 1 amide bonds. The van der Waals surface area contributed by atoms with Crippen molar-refractivity contribution in [3.8, 4) is 22.9 Å². The smallest absolute Gasteiger partial charge is 0.262 e. The third kappa shape index (κ3) is 5.68. The Morgan fingerprint density at radius 3 is 2.20 bits per heavy atom. The highest BCUT2D eigenvalue weighted by atomic mass is 16.2. The molecule has 1 aromatic heterocycles. The number of piperidine rings is 1. The topological polar surface area (TPSA) is 66.1 Å². The summed E-state index contributed by atoms with van der Waals surface area (Å²) in [5.41, 5.74) is 6.42. The number of aromatic nitrogens is 1. The molecule has 2 heterocycles. The quantitative estimate of drug-likeness (QED) is 0.204. The summed E-state index contributed by atoms with van der Waals surface area (Å²) in [6, 6.07) is 33.9. The SMILES string of the molecule is Cc1cn(-c2ccc(CCC3C[C@@H](C)N(C(=O)c4ccccc4)[C@H](C)C3)cc2)c(=O)c2cccc(-c3ccc(C#N)cc3)c12. The van der Waals surface area contributed by atoms with Gasteiger partial charge in [0.1, 0.15) is 0 Å². The summed E-state index contributed by atoms with van der Waals surface area (Å²) in [6.45, 7) is 6.39. The van der Waals surface area contributed by atoms with E-state index in [2.05, 4.69) is 36.9 Å². The molecule has 0 spiro atoms. The maximum absolute atomic E-state index is 13.7. The summed E-state index contributed by atoms with van der Waals surface area (Å²) < 4.78 is 1.74. The van der Waals surface area contributed by atoms with E-state index in [0.717, 1.165) is 59.0 Å². The van der Waals surface area contributed by atoms with Crippen LogP contribution in [-0.4, -0.2) is 27.5 Å². The van der Waals surface area contributed by atoms with Gasteiger partial charge in [-0.25, -0.2) is 0 Å². The molecule has 1 aliphatic heterocycles. The van der Waals surface area contributed by atoms with Crippen LogP contribution in [-0.2, 0) is 6.42 Å². The van der Waals surface area contributed by atoms with Crippen molar-refractivity contribution >= 4 is 16.7 Å². The van der Waals surface area contributed by atoms with Gasteiger partial charge in [0.05, 0.1) is 11.6 Å². The number of amides is 1. The van der Waals surface area contributed by atoms with Gasteiger partial charge < -0.3 is 4.90 Å². The van der Waals surface area contributed by atoms with Crippen LogP contribution in [0, 0.1) is 24.2 Å². The normalized spacial score (nSPS) is 18.2. The molecule has 0 saturated carbocycles. The lowest BCUT2D eigenvalue weighted by Crippen LogP contribution is -2.50. The molecule has 5 heteroatoms. The first-order chi connectivity index (χ1) is 21.3. The highest BCUT2D eigenvalue weighted by Crippen LogP contribution is 2.33. The zero-order valence-electron chi connectivity index (χ0n) is 25.5. The molecule has 6 rings (SSSR count). The number of likely N-dealkylation sites (tertiary alicyclic amines) is 1. The van der Waals surface area contributed by atoms with Gasteiger partial charge in [-0.3, -0.25) is 14.2 Å². The van der Waals surface area contributed by atoms with E-state index in [1.807, 2.05) is 98.0 Å². The van der Waals surface area contributed by atoms with E-state index >= 15 is 0 Å². The van der Waals surface area contributed by atoms with Crippen molar-refractivity contribution in [3.63, 3.8) is 0 Å². The minimum Gasteiger partial charge on any atom is -0.333 e. The van der Waals surface area contributed by atoms with Crippen LogP contribution in [0.1, 0.15) is 60.2 Å². The standard InChI is InChI=1S/C39H37N3O2/c1-26-25-41(39(44)36-11-7-10-35(37(26)36)32-18-14-30(24-40)15-19-32)34-20-16-29(17-21-34)12-13-31-22-27(2)42(28(3)23-31)38(43)33-8-5-4-6-9-33/h4-11,14-21,25,27-28,31H,12-13,22-23H2,1-3H3/t27-,28-/m1/s1. The van der Waals surface area contributed by atoms with Crippen molar-refractivity contribution < 1.29 is 4.79 Å². The van der Waals surface area contributed by atoms with E-state index in [1.165, 1.54) is 5.56 Å². The third-order valence-corrected chi connectivity index (χ3v) is 9.17. The summed E-state index contributed by atoms with van der Waals surface area (Å²) >= 11 is 0. The number of rotatable bonds is 6. The molecule has 5 aromatic rings. The molecule has 0 bridgehead atoms. The molecule has 0 aliphatic carbocycles. The van der Waals surface area contributed by atoms with Crippen molar-refractivity contribution in [2.24, 2.45) is 5.92 Å². The predicted octanol–water partition coefficient (Wildman–Crippen LogP) is 8.10. The van der Waals surface area contributed by atoms with Crippen LogP contribution in [0.15, 0.2) is 108 Å². The van der Waals surface area contributed by atoms with Gasteiger partial charge in [0.15, 0.2) is 0 Å². The van der Waals surface area contributed by atoms with Gasteiger partial charge in [-0.2, -0.15) is 5.26 Å². The third-order valence-electron chi connectivity index (χ3n) is 9.17. The van der Waals surface area contributed by atoms with Gasteiger partial charge in [-0.15, -0.1) is 0 Å². The van der Waals surface area contributed by atoms with Gasteiger partial charge in [-0.05, 0) is 122 Å². The molecule has 44 heavy (non-hydrogen) atoms. The highest BCUT2D eigenvalue weighted by Gasteiger charge is 2.34. The second-order valence-corrected chi connectivity index (χ2v) is 12.2. The van der Waals surface area contributed by atoms with Crippen molar-refractivity contribution in [2.45, 2.75) is 58.5 Å². The molecule has 4 aromatic carbocycles. The molecule has 220 valence electrons. The number of benzene rings is 4. The predicted molar refractivity (Wildman–Crippen MR) is 177 cm³/mol. The molecule has 0 N–H and O–H groups in total. The van der Waals surface area contributed by atoms with Crippen molar-refractivity contribution in [2.75, 3.05) is 0 Å². The number of fused-ring (bicyclic) bond motifs is 1. The number of carbonyl (C=O) groups excluding carboxylic acids is 1. The first-order valence-electron chi connectivity index (χ1n) is 15.5. The maximum Gasteiger partial charge on any atom is 0.262 e. The van der Waals surface area contributed by atoms with Crippen molar-refractivity contribution in [1.29, 1.82) is 5.26 Å². The van der Waals surface area contributed by atoms with Crippen LogP contribution >= 0.6 is 0 Å². The molecule has 1 aliphatic rings. The summed E-state index contributed by atoms with van der Waals surface area (Å²) in [4.78, 5) is 28.9. The lowest BCUT2D eigenvalue weighted by Gasteiger charge is -2.43. The Hall–Kier alpha value is -4.95. The Bertz CT molecular complexity index is 1890. The van der Waals surface area contributed by atoms with Crippen LogP contribution < -0.4 is 5.56 Å². The van der Waals surface area contributed by atoms with Gasteiger partial charge in [0, 0.05) is 34.9 Å². The minimum atomic E-state index is -0.0476. The summed E-state index contributed by atoms with van der Waals surface area (Å²) in [7, 11) is 0. The van der Waals surface area contributed by atoms with Crippen LogP contribution in [0.25, 0.3) is 27.6 Å². The average molecular weight is 580 g/mol. The Balaban J connectivity index is 1.16. The first-order valence-corrected chi connectivity index (χ1v) is 15.5. The van der Waals surface area contributed by atoms with Crippen LogP contribution in [0.2, 0.25) is 0 Å². The second-order valence-electron chi connectivity index (χ2n) is 12.2. The highest BCUT2D eigenvalue weighted by molar-refractivity contribution is 5.98. The monoisotopic (exact) mass is 579 g/mol. The van der Waals surface area contributed by atoms with E-state index in [-0.39, 0.29) is 23.6 Å². The number of nitrogens with zero attached hydrogens (tertiary/aromatic N) is 3. The van der Waals surface area contributed by atoms with Gasteiger partial charge in [-0.1, -0.05) is 54.6 Å². The largest absolute Gasteiger partial charge is 0.333 e. The Labute approximate surface area is 259 Å².